The first-order chi connectivity index (χ1) is 8.99. The summed E-state index contributed by atoms with van der Waals surface area (Å²) in [5, 5.41) is 2.43. The normalized spacial score (nSPS) is 10.3. The van der Waals surface area contributed by atoms with Gasteiger partial charge in [-0.3, -0.25) is 4.79 Å². The van der Waals surface area contributed by atoms with Crippen molar-refractivity contribution in [1.82, 2.24) is 4.98 Å². The van der Waals surface area contributed by atoms with Gasteiger partial charge >= 0.3 is 0 Å². The molecule has 3 nitrogen and oxygen atoms in total. The molecule has 0 aliphatic rings. The molecule has 0 saturated carbocycles. The van der Waals surface area contributed by atoms with E-state index in [-0.39, 0.29) is 15.3 Å². The Bertz CT molecular complexity index is 628. The molecule has 19 heavy (non-hydrogen) atoms. The van der Waals surface area contributed by atoms with Crippen LogP contribution in [0.15, 0.2) is 34.9 Å². The highest BCUT2D eigenvalue weighted by Crippen LogP contribution is 2.22. The van der Waals surface area contributed by atoms with Crippen LogP contribution in [0.25, 0.3) is 0 Å². The van der Waals surface area contributed by atoms with Crippen LogP contribution in [-0.4, -0.2) is 10.9 Å². The molecule has 0 fully saturated rings. The predicted octanol–water partition coefficient (Wildman–Crippen LogP) is 4.03. The van der Waals surface area contributed by atoms with E-state index in [0.29, 0.717) is 0 Å². The molecule has 2 rings (SSSR count). The number of anilines is 1. The summed E-state index contributed by atoms with van der Waals surface area (Å²) in [6.45, 7) is 0. The average Bonchev–Trinajstić information content (AvgIpc) is 2.30. The number of nitrogens with one attached hydrogen (secondary N) is 1. The van der Waals surface area contributed by atoms with Gasteiger partial charge in [0.15, 0.2) is 5.82 Å². The lowest BCUT2D eigenvalue weighted by atomic mass is 10.2. The molecule has 0 aliphatic carbocycles. The van der Waals surface area contributed by atoms with Crippen LogP contribution in [0.3, 0.4) is 0 Å². The van der Waals surface area contributed by atoms with Gasteiger partial charge in [-0.25, -0.2) is 13.8 Å². The third-order valence-corrected chi connectivity index (χ3v) is 2.99. The van der Waals surface area contributed by atoms with Crippen molar-refractivity contribution in [1.29, 1.82) is 0 Å². The minimum Gasteiger partial charge on any atom is -0.305 e. The van der Waals surface area contributed by atoms with Crippen LogP contribution in [0.1, 0.15) is 10.4 Å². The lowest BCUT2D eigenvalue weighted by Crippen LogP contribution is -2.17. The van der Waals surface area contributed by atoms with Crippen LogP contribution < -0.4 is 5.32 Å². The van der Waals surface area contributed by atoms with E-state index in [1.807, 2.05) is 0 Å². The molecule has 0 spiro atoms. The summed E-state index contributed by atoms with van der Waals surface area (Å²) in [7, 11) is 0. The lowest BCUT2D eigenvalue weighted by molar-refractivity contribution is 0.101. The molecule has 2 aromatic rings. The highest BCUT2D eigenvalue weighted by Gasteiger charge is 2.19. The van der Waals surface area contributed by atoms with E-state index in [1.165, 1.54) is 12.3 Å². The number of nitrogens with zero attached hydrogens (tertiary/aromatic N) is 1. The Morgan fingerprint density at radius 1 is 1.32 bits per heavy atom. The summed E-state index contributed by atoms with van der Waals surface area (Å²) in [5.41, 5.74) is -0.690. The van der Waals surface area contributed by atoms with Crippen LogP contribution in [0.5, 0.6) is 0 Å². The van der Waals surface area contributed by atoms with Crippen LogP contribution in [-0.2, 0) is 0 Å². The fourth-order valence-electron chi connectivity index (χ4n) is 1.41. The number of pyridine rings is 1. The third-order valence-electron chi connectivity index (χ3n) is 2.22. The van der Waals surface area contributed by atoms with Crippen LogP contribution in [0, 0.1) is 11.6 Å². The van der Waals surface area contributed by atoms with E-state index in [2.05, 4.69) is 26.2 Å². The second-order valence-electron chi connectivity index (χ2n) is 3.53. The molecule has 0 aliphatic heterocycles. The maximum Gasteiger partial charge on any atom is 0.262 e. The summed E-state index contributed by atoms with van der Waals surface area (Å²) >= 11 is 8.72. The molecular formula is C12H6BrClF2N2O. The highest BCUT2D eigenvalue weighted by molar-refractivity contribution is 9.10. The molecule has 1 heterocycles. The Labute approximate surface area is 120 Å². The molecule has 1 aromatic heterocycles. The van der Waals surface area contributed by atoms with Crippen molar-refractivity contribution < 1.29 is 13.6 Å². The molecule has 0 unspecified atom stereocenters. The van der Waals surface area contributed by atoms with Gasteiger partial charge in [0.25, 0.3) is 5.91 Å². The second kappa shape index (κ2) is 5.63. The molecule has 1 aromatic carbocycles. The second-order valence-corrected chi connectivity index (χ2v) is 4.86. The molecule has 1 N–H and O–H groups in total. The van der Waals surface area contributed by atoms with Crippen LogP contribution >= 0.6 is 27.5 Å². The Kier molecular flexibility index (Phi) is 4.11. The van der Waals surface area contributed by atoms with Crippen molar-refractivity contribution in [3.8, 4) is 0 Å². The lowest BCUT2D eigenvalue weighted by Gasteiger charge is -2.08. The van der Waals surface area contributed by atoms with Gasteiger partial charge in [0.05, 0.1) is 5.02 Å². The van der Waals surface area contributed by atoms with E-state index >= 15 is 0 Å². The molecule has 0 bridgehead atoms. The zero-order chi connectivity index (χ0) is 14.0. The molecule has 0 radical (unpaired) electrons. The van der Waals surface area contributed by atoms with Crippen molar-refractivity contribution >= 4 is 39.3 Å². The van der Waals surface area contributed by atoms with Crippen molar-refractivity contribution in [3.63, 3.8) is 0 Å². The summed E-state index contributed by atoms with van der Waals surface area (Å²) in [5.74, 6) is -2.87. The summed E-state index contributed by atoms with van der Waals surface area (Å²) in [6, 6.07) is 5.06. The summed E-state index contributed by atoms with van der Waals surface area (Å²) in [4.78, 5) is 15.6. The standard InChI is InChI=1S/C12H6BrClF2N2O/c13-6-4-8(15)10(9(16)5-6)12(19)18-11-7(14)2-1-3-17-11/h1-5H,(H,17,18,19). The molecule has 7 heteroatoms. The quantitative estimate of drug-likeness (QED) is 0.891. The van der Waals surface area contributed by atoms with Gasteiger partial charge in [0.1, 0.15) is 17.2 Å². The minimum absolute atomic E-state index is 0.0379. The van der Waals surface area contributed by atoms with Crippen molar-refractivity contribution in [2.75, 3.05) is 5.32 Å². The fourth-order valence-corrected chi connectivity index (χ4v) is 1.98. The Hall–Kier alpha value is -1.53. The van der Waals surface area contributed by atoms with Gasteiger partial charge in [-0.05, 0) is 24.3 Å². The van der Waals surface area contributed by atoms with Gasteiger partial charge in [0.2, 0.25) is 0 Å². The number of halogens is 4. The first-order valence-electron chi connectivity index (χ1n) is 5.05. The summed E-state index contributed by atoms with van der Waals surface area (Å²) < 4.78 is 27.4. The van der Waals surface area contributed by atoms with E-state index in [0.717, 1.165) is 12.1 Å². The van der Waals surface area contributed by atoms with Crippen LogP contribution in [0.2, 0.25) is 5.02 Å². The molecule has 0 saturated heterocycles. The van der Waals surface area contributed by atoms with Gasteiger partial charge in [-0.1, -0.05) is 27.5 Å². The molecule has 0 atom stereocenters. The first-order valence-corrected chi connectivity index (χ1v) is 6.22. The number of carbonyl (C=O) groups excluding carboxylic acids is 1. The maximum atomic E-state index is 13.6. The number of aromatic nitrogens is 1. The predicted molar refractivity (Wildman–Crippen MR) is 71.3 cm³/mol. The Balaban J connectivity index is 2.34. The van der Waals surface area contributed by atoms with Crippen molar-refractivity contribution in [2.24, 2.45) is 0 Å². The number of hydrogen-bond donors (Lipinski definition) is 1. The average molecular weight is 348 g/mol. The minimum atomic E-state index is -0.976. The van der Waals surface area contributed by atoms with Crippen molar-refractivity contribution in [3.05, 3.63) is 57.2 Å². The maximum absolute atomic E-state index is 13.6. The first kappa shape index (κ1) is 13.9. The van der Waals surface area contributed by atoms with Gasteiger partial charge in [0, 0.05) is 10.7 Å². The van der Waals surface area contributed by atoms with Crippen LogP contribution in [0.4, 0.5) is 14.6 Å². The zero-order valence-corrected chi connectivity index (χ0v) is 11.6. The Morgan fingerprint density at radius 3 is 2.53 bits per heavy atom. The van der Waals surface area contributed by atoms with Gasteiger partial charge in [-0.2, -0.15) is 0 Å². The molecule has 1 amide bonds. The highest BCUT2D eigenvalue weighted by atomic mass is 79.9. The molecule has 98 valence electrons. The van der Waals surface area contributed by atoms with Crippen molar-refractivity contribution in [2.45, 2.75) is 0 Å². The number of rotatable bonds is 2. The topological polar surface area (TPSA) is 42.0 Å². The molecular weight excluding hydrogens is 341 g/mol. The smallest absolute Gasteiger partial charge is 0.262 e. The number of hydrogen-bond acceptors (Lipinski definition) is 2. The van der Waals surface area contributed by atoms with E-state index in [9.17, 15) is 13.6 Å². The SMILES string of the molecule is O=C(Nc1ncccc1Cl)c1c(F)cc(Br)cc1F. The van der Waals surface area contributed by atoms with E-state index in [1.54, 1.807) is 6.07 Å². The summed E-state index contributed by atoms with van der Waals surface area (Å²) in [6.07, 6.45) is 1.40. The van der Waals surface area contributed by atoms with E-state index < -0.39 is 23.1 Å². The largest absolute Gasteiger partial charge is 0.305 e. The van der Waals surface area contributed by atoms with Gasteiger partial charge < -0.3 is 5.32 Å². The third kappa shape index (κ3) is 3.08. The number of carbonyl (C=O) groups is 1. The number of amides is 1. The van der Waals surface area contributed by atoms with E-state index in [4.69, 9.17) is 11.6 Å². The zero-order valence-electron chi connectivity index (χ0n) is 9.25. The number of benzene rings is 1. The van der Waals surface area contributed by atoms with Gasteiger partial charge in [-0.15, -0.1) is 0 Å². The fraction of sp³-hybridized carbons (Fsp3) is 0. The monoisotopic (exact) mass is 346 g/mol. The Morgan fingerprint density at radius 2 is 1.95 bits per heavy atom.